The maximum atomic E-state index is 4.02. The van der Waals surface area contributed by atoms with Gasteiger partial charge < -0.3 is 5.32 Å². The lowest BCUT2D eigenvalue weighted by molar-refractivity contribution is 0.330. The number of aromatic amines is 1. The van der Waals surface area contributed by atoms with E-state index in [-0.39, 0.29) is 0 Å². The molecule has 2 N–H and O–H groups in total. The van der Waals surface area contributed by atoms with Gasteiger partial charge in [0.1, 0.15) is 0 Å². The number of nitrogens with zero attached hydrogens (tertiary/aromatic N) is 1. The summed E-state index contributed by atoms with van der Waals surface area (Å²) in [5, 5.41) is 10.7. The quantitative estimate of drug-likeness (QED) is 0.860. The van der Waals surface area contributed by atoms with E-state index in [0.717, 1.165) is 11.6 Å². The van der Waals surface area contributed by atoms with Gasteiger partial charge in [-0.3, -0.25) is 5.10 Å². The van der Waals surface area contributed by atoms with E-state index < -0.39 is 0 Å². The number of anilines is 1. The summed E-state index contributed by atoms with van der Waals surface area (Å²) in [4.78, 5) is 0. The predicted octanol–water partition coefficient (Wildman–Crippen LogP) is 4.46. The molecule has 0 aliphatic heterocycles. The molecule has 3 nitrogen and oxygen atoms in total. The average Bonchev–Trinajstić information content (AvgIpc) is 3.03. The van der Waals surface area contributed by atoms with Gasteiger partial charge in [-0.2, -0.15) is 5.10 Å². The summed E-state index contributed by atoms with van der Waals surface area (Å²) >= 11 is 0. The van der Waals surface area contributed by atoms with Crippen molar-refractivity contribution in [3.8, 4) is 11.3 Å². The van der Waals surface area contributed by atoms with Gasteiger partial charge in [-0.15, -0.1) is 0 Å². The summed E-state index contributed by atoms with van der Waals surface area (Å²) in [6, 6.07) is 11.2. The van der Waals surface area contributed by atoms with Crippen LogP contribution in [-0.2, 0) is 0 Å². The lowest BCUT2D eigenvalue weighted by Crippen LogP contribution is -2.25. The van der Waals surface area contributed by atoms with Crippen molar-refractivity contribution in [3.05, 3.63) is 36.5 Å². The van der Waals surface area contributed by atoms with E-state index in [1.54, 1.807) is 6.20 Å². The topological polar surface area (TPSA) is 40.7 Å². The molecule has 0 atom stereocenters. The van der Waals surface area contributed by atoms with Gasteiger partial charge in [-0.1, -0.05) is 25.5 Å². The highest BCUT2D eigenvalue weighted by Gasteiger charge is 2.19. The molecule has 0 unspecified atom stereocenters. The van der Waals surface area contributed by atoms with Crippen molar-refractivity contribution < 1.29 is 0 Å². The molecule has 1 aliphatic carbocycles. The lowest BCUT2D eigenvalue weighted by atomic mass is 9.84. The molecule has 3 heteroatoms. The molecule has 0 bridgehead atoms. The van der Waals surface area contributed by atoms with Crippen molar-refractivity contribution in [1.82, 2.24) is 10.2 Å². The maximum Gasteiger partial charge on any atom is 0.0650 e. The van der Waals surface area contributed by atoms with Gasteiger partial charge in [0, 0.05) is 23.5 Å². The Labute approximate surface area is 120 Å². The molecular formula is C17H23N3. The third kappa shape index (κ3) is 3.03. The second-order valence-corrected chi connectivity index (χ2v) is 5.82. The van der Waals surface area contributed by atoms with Gasteiger partial charge in [0.05, 0.1) is 5.69 Å². The first kappa shape index (κ1) is 13.2. The summed E-state index contributed by atoms with van der Waals surface area (Å²) in [6.07, 6.45) is 8.46. The molecule has 0 spiro atoms. The van der Waals surface area contributed by atoms with E-state index >= 15 is 0 Å². The number of nitrogens with one attached hydrogen (secondary N) is 2. The fraction of sp³-hybridized carbons (Fsp3) is 0.471. The standard InChI is InChI=1S/C17H23N3/c1-2-13-6-8-15(9-7-13)19-16-5-3-4-14(12-16)17-10-11-18-20-17/h3-5,10-13,15,19H,2,6-9H2,1H3,(H,18,20). The van der Waals surface area contributed by atoms with Gasteiger partial charge >= 0.3 is 0 Å². The highest BCUT2D eigenvalue weighted by Crippen LogP contribution is 2.29. The molecular weight excluding hydrogens is 246 g/mol. The summed E-state index contributed by atoms with van der Waals surface area (Å²) in [5.41, 5.74) is 3.48. The van der Waals surface area contributed by atoms with Crippen LogP contribution in [0.25, 0.3) is 11.3 Å². The zero-order chi connectivity index (χ0) is 13.8. The Morgan fingerprint density at radius 2 is 2.05 bits per heavy atom. The molecule has 0 saturated heterocycles. The first-order chi connectivity index (χ1) is 9.85. The molecule has 1 aromatic heterocycles. The van der Waals surface area contributed by atoms with E-state index in [1.165, 1.54) is 43.4 Å². The molecule has 2 aromatic rings. The number of H-pyrrole nitrogens is 1. The normalized spacial score (nSPS) is 22.6. The van der Waals surface area contributed by atoms with E-state index in [4.69, 9.17) is 0 Å². The Hall–Kier alpha value is -1.77. The van der Waals surface area contributed by atoms with Crippen LogP contribution in [0.2, 0.25) is 0 Å². The van der Waals surface area contributed by atoms with Crippen LogP contribution in [0.1, 0.15) is 39.0 Å². The summed E-state index contributed by atoms with van der Waals surface area (Å²) in [7, 11) is 0. The number of aromatic nitrogens is 2. The van der Waals surface area contributed by atoms with Gasteiger partial charge in [-0.25, -0.2) is 0 Å². The first-order valence-corrected chi connectivity index (χ1v) is 7.71. The van der Waals surface area contributed by atoms with Gasteiger partial charge in [0.25, 0.3) is 0 Å². The zero-order valence-corrected chi connectivity index (χ0v) is 12.1. The minimum Gasteiger partial charge on any atom is -0.382 e. The van der Waals surface area contributed by atoms with Gasteiger partial charge in [0.15, 0.2) is 0 Å². The van der Waals surface area contributed by atoms with Crippen molar-refractivity contribution in [2.45, 2.75) is 45.1 Å². The van der Waals surface area contributed by atoms with Crippen LogP contribution in [-0.4, -0.2) is 16.2 Å². The largest absolute Gasteiger partial charge is 0.382 e. The third-order valence-electron chi connectivity index (χ3n) is 4.47. The van der Waals surface area contributed by atoms with Crippen LogP contribution in [0.4, 0.5) is 5.69 Å². The van der Waals surface area contributed by atoms with Crippen LogP contribution >= 0.6 is 0 Å². The Morgan fingerprint density at radius 3 is 2.75 bits per heavy atom. The molecule has 3 rings (SSSR count). The lowest BCUT2D eigenvalue weighted by Gasteiger charge is -2.29. The van der Waals surface area contributed by atoms with E-state index in [1.807, 2.05) is 6.07 Å². The minimum absolute atomic E-state index is 0.634. The molecule has 1 fully saturated rings. The fourth-order valence-electron chi connectivity index (χ4n) is 3.14. The summed E-state index contributed by atoms with van der Waals surface area (Å²) < 4.78 is 0. The molecule has 0 amide bonds. The number of benzene rings is 1. The minimum atomic E-state index is 0.634. The smallest absolute Gasteiger partial charge is 0.0650 e. The van der Waals surface area contributed by atoms with E-state index in [0.29, 0.717) is 6.04 Å². The van der Waals surface area contributed by atoms with Gasteiger partial charge in [-0.05, 0) is 49.8 Å². The number of hydrogen-bond donors (Lipinski definition) is 2. The van der Waals surface area contributed by atoms with Crippen LogP contribution < -0.4 is 5.32 Å². The average molecular weight is 269 g/mol. The molecule has 1 saturated carbocycles. The Bertz CT molecular complexity index is 525. The third-order valence-corrected chi connectivity index (χ3v) is 4.47. The van der Waals surface area contributed by atoms with Gasteiger partial charge in [0.2, 0.25) is 0 Å². The SMILES string of the molecule is CCC1CCC(Nc2cccc(-c3ccn[nH]3)c2)CC1. The van der Waals surface area contributed by atoms with Crippen molar-refractivity contribution in [2.75, 3.05) is 5.32 Å². The Balaban J connectivity index is 1.65. The highest BCUT2D eigenvalue weighted by molar-refractivity contribution is 5.64. The van der Waals surface area contributed by atoms with Crippen LogP contribution in [0.5, 0.6) is 0 Å². The summed E-state index contributed by atoms with van der Waals surface area (Å²) in [5.74, 6) is 0.948. The predicted molar refractivity (Wildman–Crippen MR) is 83.7 cm³/mol. The van der Waals surface area contributed by atoms with Crippen molar-refractivity contribution in [1.29, 1.82) is 0 Å². The molecule has 106 valence electrons. The van der Waals surface area contributed by atoms with Crippen molar-refractivity contribution >= 4 is 5.69 Å². The molecule has 0 radical (unpaired) electrons. The number of rotatable bonds is 4. The van der Waals surface area contributed by atoms with E-state index in [9.17, 15) is 0 Å². The Kier molecular flexibility index (Phi) is 4.05. The van der Waals surface area contributed by atoms with E-state index in [2.05, 4.69) is 46.7 Å². The first-order valence-electron chi connectivity index (χ1n) is 7.71. The molecule has 1 heterocycles. The Morgan fingerprint density at radius 1 is 1.20 bits per heavy atom. The molecule has 1 aromatic carbocycles. The molecule has 1 aliphatic rings. The van der Waals surface area contributed by atoms with Crippen LogP contribution in [0.15, 0.2) is 36.5 Å². The maximum absolute atomic E-state index is 4.02. The number of hydrogen-bond acceptors (Lipinski definition) is 2. The monoisotopic (exact) mass is 269 g/mol. The zero-order valence-electron chi connectivity index (χ0n) is 12.1. The van der Waals surface area contributed by atoms with Crippen molar-refractivity contribution in [2.24, 2.45) is 5.92 Å². The highest BCUT2D eigenvalue weighted by atomic mass is 15.1. The second-order valence-electron chi connectivity index (χ2n) is 5.82. The fourth-order valence-corrected chi connectivity index (χ4v) is 3.14. The van der Waals surface area contributed by atoms with Crippen LogP contribution in [0, 0.1) is 5.92 Å². The summed E-state index contributed by atoms with van der Waals surface area (Å²) in [6.45, 7) is 2.31. The van der Waals surface area contributed by atoms with Crippen LogP contribution in [0.3, 0.4) is 0 Å². The molecule has 20 heavy (non-hydrogen) atoms. The second kappa shape index (κ2) is 6.12. The van der Waals surface area contributed by atoms with Crippen molar-refractivity contribution in [3.63, 3.8) is 0 Å².